The van der Waals surface area contributed by atoms with Gasteiger partial charge in [-0.25, -0.2) is 15.0 Å². The first-order valence-electron chi connectivity index (χ1n) is 18.2. The zero-order valence-electron chi connectivity index (χ0n) is 29.5. The monoisotopic (exact) mass is 689 g/mol. The number of aromatic nitrogens is 3. The van der Waals surface area contributed by atoms with Crippen LogP contribution in [0, 0.1) is 0 Å². The molecule has 0 fully saturated rings. The molecule has 9 rings (SSSR count). The summed E-state index contributed by atoms with van der Waals surface area (Å²) < 4.78 is 0. The molecule has 0 unspecified atom stereocenters. The summed E-state index contributed by atoms with van der Waals surface area (Å²) >= 11 is 0. The Morgan fingerprint density at radius 2 is 0.537 bits per heavy atom. The number of hydrogen-bond donors (Lipinski definition) is 0. The van der Waals surface area contributed by atoms with E-state index in [1.807, 2.05) is 42.5 Å². The quantitative estimate of drug-likeness (QED) is 0.159. The van der Waals surface area contributed by atoms with Crippen LogP contribution in [-0.2, 0) is 0 Å². The highest BCUT2D eigenvalue weighted by Gasteiger charge is 2.17. The van der Waals surface area contributed by atoms with Crippen LogP contribution < -0.4 is 0 Å². The molecular weight excluding hydrogens is 655 g/mol. The van der Waals surface area contributed by atoms with Gasteiger partial charge in [0, 0.05) is 16.7 Å². The minimum Gasteiger partial charge on any atom is -0.208 e. The van der Waals surface area contributed by atoms with E-state index in [0.29, 0.717) is 17.5 Å². The third kappa shape index (κ3) is 6.63. The molecule has 0 atom stereocenters. The van der Waals surface area contributed by atoms with Gasteiger partial charge < -0.3 is 0 Å². The molecular formula is C51H35N3. The molecule has 0 saturated heterocycles. The lowest BCUT2D eigenvalue weighted by Crippen LogP contribution is -2.00. The van der Waals surface area contributed by atoms with Crippen LogP contribution >= 0.6 is 0 Å². The highest BCUT2D eigenvalue weighted by Crippen LogP contribution is 2.41. The fourth-order valence-corrected chi connectivity index (χ4v) is 7.13. The molecule has 0 saturated carbocycles. The molecule has 0 aliphatic heterocycles. The third-order valence-corrected chi connectivity index (χ3v) is 9.78. The first-order valence-corrected chi connectivity index (χ1v) is 18.2. The zero-order valence-corrected chi connectivity index (χ0v) is 29.5. The van der Waals surface area contributed by atoms with Gasteiger partial charge in [-0.3, -0.25) is 0 Å². The predicted molar refractivity (Wildman–Crippen MR) is 223 cm³/mol. The fourth-order valence-electron chi connectivity index (χ4n) is 7.13. The highest BCUT2D eigenvalue weighted by atomic mass is 15.0. The standard InChI is InChI=1S/C51H35N3/c1-6-17-36(18-7-1)44-34-33-43(35-47(44)39-23-12-4-13-24-39)51-53-49(41-25-14-5-15-26-41)52-50(54-51)42-31-29-40(30-32-42)48-45(37-19-8-2-9-20-37)27-16-28-46(48)38-21-10-3-11-22-38/h1-35H. The second kappa shape index (κ2) is 14.8. The average molecular weight is 690 g/mol. The van der Waals surface area contributed by atoms with Gasteiger partial charge in [0.15, 0.2) is 17.5 Å². The first kappa shape index (κ1) is 32.7. The van der Waals surface area contributed by atoms with E-state index in [2.05, 4.69) is 170 Å². The van der Waals surface area contributed by atoms with E-state index in [0.717, 1.165) is 44.5 Å². The number of nitrogens with zero attached hydrogens (tertiary/aromatic N) is 3. The van der Waals surface area contributed by atoms with Crippen molar-refractivity contribution in [1.82, 2.24) is 15.0 Å². The Morgan fingerprint density at radius 3 is 1.00 bits per heavy atom. The number of rotatable bonds is 8. The Bertz CT molecular complexity index is 2600. The average Bonchev–Trinajstić information content (AvgIpc) is 3.27. The lowest BCUT2D eigenvalue weighted by Gasteiger charge is -2.17. The molecule has 3 heteroatoms. The topological polar surface area (TPSA) is 38.7 Å². The summed E-state index contributed by atoms with van der Waals surface area (Å²) in [7, 11) is 0. The Balaban J connectivity index is 1.18. The predicted octanol–water partition coefficient (Wildman–Crippen LogP) is 13.2. The lowest BCUT2D eigenvalue weighted by atomic mass is 9.87. The van der Waals surface area contributed by atoms with Crippen LogP contribution in [0.4, 0.5) is 0 Å². The van der Waals surface area contributed by atoms with Crippen molar-refractivity contribution in [3.8, 4) is 89.8 Å². The Morgan fingerprint density at radius 1 is 0.204 bits per heavy atom. The van der Waals surface area contributed by atoms with Crippen molar-refractivity contribution < 1.29 is 0 Å². The second-order valence-electron chi connectivity index (χ2n) is 13.2. The van der Waals surface area contributed by atoms with Crippen LogP contribution in [0.15, 0.2) is 212 Å². The molecule has 0 spiro atoms. The summed E-state index contributed by atoms with van der Waals surface area (Å²) in [4.78, 5) is 15.3. The smallest absolute Gasteiger partial charge is 0.164 e. The molecule has 3 nitrogen and oxygen atoms in total. The van der Waals surface area contributed by atoms with Crippen molar-refractivity contribution in [2.75, 3.05) is 0 Å². The second-order valence-corrected chi connectivity index (χ2v) is 13.2. The molecule has 1 aromatic heterocycles. The van der Waals surface area contributed by atoms with Gasteiger partial charge >= 0.3 is 0 Å². The van der Waals surface area contributed by atoms with Gasteiger partial charge in [0.25, 0.3) is 0 Å². The molecule has 8 aromatic carbocycles. The summed E-state index contributed by atoms with van der Waals surface area (Å²) in [6, 6.07) is 74.1. The van der Waals surface area contributed by atoms with Gasteiger partial charge in [-0.15, -0.1) is 0 Å². The highest BCUT2D eigenvalue weighted by molar-refractivity contribution is 5.95. The van der Waals surface area contributed by atoms with Crippen LogP contribution in [0.5, 0.6) is 0 Å². The van der Waals surface area contributed by atoms with E-state index in [9.17, 15) is 0 Å². The SMILES string of the molecule is c1ccc(-c2nc(-c3ccc(-c4c(-c5ccccc5)cccc4-c4ccccc4)cc3)nc(-c3ccc(-c4ccccc4)c(-c4ccccc4)c3)n2)cc1. The van der Waals surface area contributed by atoms with Crippen molar-refractivity contribution in [1.29, 1.82) is 0 Å². The van der Waals surface area contributed by atoms with E-state index >= 15 is 0 Å². The molecule has 0 bridgehead atoms. The van der Waals surface area contributed by atoms with Gasteiger partial charge in [-0.1, -0.05) is 206 Å². The van der Waals surface area contributed by atoms with Crippen molar-refractivity contribution in [3.63, 3.8) is 0 Å². The molecule has 1 heterocycles. The van der Waals surface area contributed by atoms with Crippen LogP contribution in [0.25, 0.3) is 89.8 Å². The summed E-state index contributed by atoms with van der Waals surface area (Å²) in [5, 5.41) is 0. The van der Waals surface area contributed by atoms with Gasteiger partial charge in [0.1, 0.15) is 0 Å². The van der Waals surface area contributed by atoms with E-state index in [4.69, 9.17) is 15.0 Å². The molecule has 0 radical (unpaired) electrons. The van der Waals surface area contributed by atoms with Crippen molar-refractivity contribution in [3.05, 3.63) is 212 Å². The van der Waals surface area contributed by atoms with E-state index < -0.39 is 0 Å². The zero-order chi connectivity index (χ0) is 36.1. The molecule has 0 aliphatic carbocycles. The number of benzene rings is 8. The van der Waals surface area contributed by atoms with Crippen molar-refractivity contribution in [2.24, 2.45) is 0 Å². The van der Waals surface area contributed by atoms with E-state index in [-0.39, 0.29) is 0 Å². The van der Waals surface area contributed by atoms with Crippen molar-refractivity contribution in [2.45, 2.75) is 0 Å². The molecule has 0 aliphatic rings. The summed E-state index contributed by atoms with van der Waals surface area (Å²) in [6.45, 7) is 0. The van der Waals surface area contributed by atoms with Crippen LogP contribution in [0.1, 0.15) is 0 Å². The lowest BCUT2D eigenvalue weighted by molar-refractivity contribution is 1.07. The van der Waals surface area contributed by atoms with Gasteiger partial charge in [-0.2, -0.15) is 0 Å². The fraction of sp³-hybridized carbons (Fsp3) is 0. The van der Waals surface area contributed by atoms with Gasteiger partial charge in [0.2, 0.25) is 0 Å². The maximum atomic E-state index is 5.15. The normalized spacial score (nSPS) is 11.0. The minimum atomic E-state index is 0.624. The van der Waals surface area contributed by atoms with Crippen LogP contribution in [0.2, 0.25) is 0 Å². The molecule has 9 aromatic rings. The Kier molecular flexibility index (Phi) is 8.94. The minimum absolute atomic E-state index is 0.624. The van der Waals surface area contributed by atoms with Crippen LogP contribution in [-0.4, -0.2) is 15.0 Å². The molecule has 54 heavy (non-hydrogen) atoms. The number of hydrogen-bond acceptors (Lipinski definition) is 3. The maximum Gasteiger partial charge on any atom is 0.164 e. The van der Waals surface area contributed by atoms with E-state index in [1.165, 1.54) is 27.8 Å². The van der Waals surface area contributed by atoms with Crippen molar-refractivity contribution >= 4 is 0 Å². The van der Waals surface area contributed by atoms with Crippen LogP contribution in [0.3, 0.4) is 0 Å². The summed E-state index contributed by atoms with van der Waals surface area (Å²) in [5.74, 6) is 1.88. The third-order valence-electron chi connectivity index (χ3n) is 9.78. The molecule has 0 N–H and O–H groups in total. The summed E-state index contributed by atoms with van der Waals surface area (Å²) in [5.41, 5.74) is 14.4. The molecule has 254 valence electrons. The maximum absolute atomic E-state index is 5.15. The summed E-state index contributed by atoms with van der Waals surface area (Å²) in [6.07, 6.45) is 0. The van der Waals surface area contributed by atoms with Gasteiger partial charge in [-0.05, 0) is 61.7 Å². The molecule has 0 amide bonds. The van der Waals surface area contributed by atoms with Gasteiger partial charge in [0.05, 0.1) is 0 Å². The first-order chi connectivity index (χ1) is 26.8. The Hall–Kier alpha value is -7.23. The van der Waals surface area contributed by atoms with E-state index in [1.54, 1.807) is 0 Å². The largest absolute Gasteiger partial charge is 0.208 e. The Labute approximate surface area is 316 Å².